The summed E-state index contributed by atoms with van der Waals surface area (Å²) >= 11 is 0. The molecule has 0 saturated heterocycles. The fraction of sp³-hybridized carbons (Fsp3) is 0. The minimum atomic E-state index is 0.603. The van der Waals surface area contributed by atoms with E-state index >= 15 is 0 Å². The van der Waals surface area contributed by atoms with Crippen molar-refractivity contribution in [1.82, 2.24) is 19.5 Å². The first-order valence-electron chi connectivity index (χ1n) is 15.2. The Bertz CT molecular complexity index is 2650. The highest BCUT2D eigenvalue weighted by Crippen LogP contribution is 2.48. The second kappa shape index (κ2) is 9.18. The number of benzene rings is 7. The van der Waals surface area contributed by atoms with E-state index in [4.69, 9.17) is 15.0 Å². The Kier molecular flexibility index (Phi) is 4.96. The zero-order chi connectivity index (χ0) is 29.5. The van der Waals surface area contributed by atoms with Gasteiger partial charge in [-0.15, -0.1) is 0 Å². The van der Waals surface area contributed by atoms with Gasteiger partial charge in [-0.1, -0.05) is 121 Å². The number of para-hydroxylation sites is 1. The van der Waals surface area contributed by atoms with E-state index in [1.54, 1.807) is 0 Å². The quantitative estimate of drug-likeness (QED) is 0.212. The maximum Gasteiger partial charge on any atom is 0.238 e. The lowest BCUT2D eigenvalue weighted by Gasteiger charge is -2.12. The van der Waals surface area contributed by atoms with E-state index < -0.39 is 0 Å². The van der Waals surface area contributed by atoms with Gasteiger partial charge in [-0.3, -0.25) is 4.57 Å². The van der Waals surface area contributed by atoms with Gasteiger partial charge in [-0.2, -0.15) is 9.97 Å². The molecule has 10 rings (SSSR count). The van der Waals surface area contributed by atoms with E-state index in [1.165, 1.54) is 54.6 Å². The SMILES string of the molecule is c1ccc(-c2nc(-c3ccc4c(c3)-c3cccc5cccc-4c35)nc(-n3c4ccccc4c4cc5ccccc5cc43)n2)cc1. The molecule has 4 nitrogen and oxygen atoms in total. The Morgan fingerprint density at radius 1 is 0.378 bits per heavy atom. The summed E-state index contributed by atoms with van der Waals surface area (Å²) in [6.45, 7) is 0. The van der Waals surface area contributed by atoms with Crippen LogP contribution in [-0.2, 0) is 0 Å². The highest BCUT2D eigenvalue weighted by Gasteiger charge is 2.23. The monoisotopic (exact) mass is 572 g/mol. The molecule has 1 aliphatic carbocycles. The van der Waals surface area contributed by atoms with Gasteiger partial charge in [0.25, 0.3) is 0 Å². The van der Waals surface area contributed by atoms with Crippen LogP contribution in [0.25, 0.3) is 94.3 Å². The van der Waals surface area contributed by atoms with Crippen LogP contribution in [0.15, 0.2) is 146 Å². The molecule has 9 aromatic rings. The second-order valence-corrected chi connectivity index (χ2v) is 11.7. The standard InChI is InChI=1S/C41H24N4/c1-2-10-26(11-3-1)39-42-40(29-20-21-30-32-17-8-14-25-15-9-18-33(38(25)32)34(30)23-29)44-41(43-39)45-36-19-7-6-16-31(36)35-22-27-12-4-5-13-28(27)24-37(35)45/h1-24H. The Balaban J connectivity index is 1.25. The average Bonchev–Trinajstić information content (AvgIpc) is 3.60. The predicted octanol–water partition coefficient (Wildman–Crippen LogP) is 10.3. The molecule has 0 fully saturated rings. The van der Waals surface area contributed by atoms with Crippen LogP contribution in [0.5, 0.6) is 0 Å². The summed E-state index contributed by atoms with van der Waals surface area (Å²) in [6.07, 6.45) is 0. The van der Waals surface area contributed by atoms with Crippen LogP contribution in [0.3, 0.4) is 0 Å². The van der Waals surface area contributed by atoms with E-state index in [-0.39, 0.29) is 0 Å². The molecule has 0 unspecified atom stereocenters. The Morgan fingerprint density at radius 2 is 1.04 bits per heavy atom. The summed E-state index contributed by atoms with van der Waals surface area (Å²) in [5.41, 5.74) is 9.05. The first-order valence-corrected chi connectivity index (χ1v) is 15.2. The largest absolute Gasteiger partial charge is 0.278 e. The summed E-state index contributed by atoms with van der Waals surface area (Å²) in [7, 11) is 0. The van der Waals surface area contributed by atoms with E-state index in [1.807, 2.05) is 18.2 Å². The zero-order valence-electron chi connectivity index (χ0n) is 24.1. The molecular weight excluding hydrogens is 548 g/mol. The van der Waals surface area contributed by atoms with Crippen LogP contribution in [0.1, 0.15) is 0 Å². The summed E-state index contributed by atoms with van der Waals surface area (Å²) in [5.74, 6) is 1.90. The molecule has 0 amide bonds. The third kappa shape index (κ3) is 3.57. The summed E-state index contributed by atoms with van der Waals surface area (Å²) in [5, 5.41) is 7.31. The third-order valence-electron chi connectivity index (χ3n) is 9.16. The molecule has 7 aromatic carbocycles. The van der Waals surface area contributed by atoms with Crippen molar-refractivity contribution in [3.05, 3.63) is 146 Å². The molecule has 0 radical (unpaired) electrons. The molecule has 2 aromatic heterocycles. The van der Waals surface area contributed by atoms with Crippen LogP contribution in [0.4, 0.5) is 0 Å². The van der Waals surface area contributed by atoms with Gasteiger partial charge in [0.05, 0.1) is 11.0 Å². The lowest BCUT2D eigenvalue weighted by atomic mass is 10.0. The topological polar surface area (TPSA) is 43.6 Å². The molecule has 0 spiro atoms. The number of aromatic nitrogens is 4. The van der Waals surface area contributed by atoms with Crippen LogP contribution in [-0.4, -0.2) is 19.5 Å². The second-order valence-electron chi connectivity index (χ2n) is 11.7. The highest BCUT2D eigenvalue weighted by molar-refractivity contribution is 6.16. The molecule has 45 heavy (non-hydrogen) atoms. The molecule has 0 aliphatic heterocycles. The molecule has 0 saturated carbocycles. The molecule has 2 heterocycles. The molecular formula is C41H24N4. The number of rotatable bonds is 3. The number of hydrogen-bond donors (Lipinski definition) is 0. The van der Waals surface area contributed by atoms with Gasteiger partial charge in [-0.25, -0.2) is 4.98 Å². The van der Waals surface area contributed by atoms with Crippen molar-refractivity contribution in [2.24, 2.45) is 0 Å². The zero-order valence-corrected chi connectivity index (χ0v) is 24.1. The minimum Gasteiger partial charge on any atom is -0.278 e. The minimum absolute atomic E-state index is 0.603. The van der Waals surface area contributed by atoms with E-state index in [9.17, 15) is 0 Å². The molecule has 0 bridgehead atoms. The van der Waals surface area contributed by atoms with E-state index in [0.29, 0.717) is 17.6 Å². The number of nitrogens with zero attached hydrogens (tertiary/aromatic N) is 4. The van der Waals surface area contributed by atoms with Crippen LogP contribution < -0.4 is 0 Å². The lowest BCUT2D eigenvalue weighted by molar-refractivity contribution is 0.954. The van der Waals surface area contributed by atoms with Crippen LogP contribution in [0.2, 0.25) is 0 Å². The van der Waals surface area contributed by atoms with Gasteiger partial charge in [0.1, 0.15) is 0 Å². The summed E-state index contributed by atoms with van der Waals surface area (Å²) in [4.78, 5) is 15.4. The molecule has 208 valence electrons. The normalized spacial score (nSPS) is 12.0. The first-order chi connectivity index (χ1) is 22.3. The van der Waals surface area contributed by atoms with Gasteiger partial charge in [0.15, 0.2) is 11.6 Å². The molecule has 0 N–H and O–H groups in total. The fourth-order valence-corrected chi connectivity index (χ4v) is 7.11. The smallest absolute Gasteiger partial charge is 0.238 e. The van der Waals surface area contributed by atoms with Gasteiger partial charge < -0.3 is 0 Å². The Hall–Kier alpha value is -6.13. The summed E-state index contributed by atoms with van der Waals surface area (Å²) in [6, 6.07) is 51.5. The van der Waals surface area contributed by atoms with Crippen molar-refractivity contribution in [2.45, 2.75) is 0 Å². The van der Waals surface area contributed by atoms with Gasteiger partial charge in [-0.05, 0) is 68.1 Å². The average molecular weight is 573 g/mol. The predicted molar refractivity (Wildman–Crippen MR) is 184 cm³/mol. The molecule has 1 aliphatic rings. The van der Waals surface area contributed by atoms with Gasteiger partial charge in [0.2, 0.25) is 5.95 Å². The molecule has 0 atom stereocenters. The highest BCUT2D eigenvalue weighted by atomic mass is 15.2. The van der Waals surface area contributed by atoms with Crippen molar-refractivity contribution >= 4 is 43.4 Å². The van der Waals surface area contributed by atoms with Crippen molar-refractivity contribution in [1.29, 1.82) is 0 Å². The van der Waals surface area contributed by atoms with Crippen molar-refractivity contribution in [3.8, 4) is 51.0 Å². The maximum atomic E-state index is 5.22. The Morgan fingerprint density at radius 3 is 1.87 bits per heavy atom. The van der Waals surface area contributed by atoms with Crippen molar-refractivity contribution < 1.29 is 0 Å². The van der Waals surface area contributed by atoms with Crippen molar-refractivity contribution in [2.75, 3.05) is 0 Å². The Labute approximate surface area is 258 Å². The lowest BCUT2D eigenvalue weighted by Crippen LogP contribution is -2.06. The first kappa shape index (κ1) is 24.3. The summed E-state index contributed by atoms with van der Waals surface area (Å²) < 4.78 is 2.19. The molecule has 4 heteroatoms. The van der Waals surface area contributed by atoms with Crippen LogP contribution >= 0.6 is 0 Å². The van der Waals surface area contributed by atoms with Crippen LogP contribution in [0, 0.1) is 0 Å². The third-order valence-corrected chi connectivity index (χ3v) is 9.16. The van der Waals surface area contributed by atoms with E-state index in [2.05, 4.69) is 132 Å². The number of fused-ring (bicyclic) bond motifs is 7. The van der Waals surface area contributed by atoms with E-state index in [0.717, 1.165) is 22.2 Å². The fourth-order valence-electron chi connectivity index (χ4n) is 7.11. The van der Waals surface area contributed by atoms with Crippen molar-refractivity contribution in [3.63, 3.8) is 0 Å². The van der Waals surface area contributed by atoms with Gasteiger partial charge >= 0.3 is 0 Å². The number of hydrogen-bond acceptors (Lipinski definition) is 3. The van der Waals surface area contributed by atoms with Gasteiger partial charge in [0, 0.05) is 21.9 Å². The maximum absolute atomic E-state index is 5.22.